The summed E-state index contributed by atoms with van der Waals surface area (Å²) in [4.78, 5) is 14.2. The van der Waals surface area contributed by atoms with Crippen molar-refractivity contribution in [1.29, 1.82) is 0 Å². The molecule has 1 atom stereocenters. The average Bonchev–Trinajstić information content (AvgIpc) is 3.31. The van der Waals surface area contributed by atoms with Gasteiger partial charge >= 0.3 is 0 Å². The highest BCUT2D eigenvalue weighted by Crippen LogP contribution is 2.31. The molecule has 1 unspecified atom stereocenters. The van der Waals surface area contributed by atoms with E-state index < -0.39 is 0 Å². The summed E-state index contributed by atoms with van der Waals surface area (Å²) in [7, 11) is 0. The van der Waals surface area contributed by atoms with E-state index >= 15 is 0 Å². The minimum absolute atomic E-state index is 0.0233. The van der Waals surface area contributed by atoms with E-state index in [1.807, 2.05) is 0 Å². The van der Waals surface area contributed by atoms with E-state index in [0.29, 0.717) is 43.1 Å². The summed E-state index contributed by atoms with van der Waals surface area (Å²) >= 11 is 0. The minimum Gasteiger partial charge on any atom is -0.376 e. The molecule has 1 saturated heterocycles. The number of hydrogen-bond donors (Lipinski definition) is 0. The lowest BCUT2D eigenvalue weighted by Crippen LogP contribution is -2.38. The third-order valence-electron chi connectivity index (χ3n) is 4.86. The van der Waals surface area contributed by atoms with Crippen LogP contribution in [0.4, 0.5) is 4.39 Å². The van der Waals surface area contributed by atoms with Gasteiger partial charge in [0, 0.05) is 30.7 Å². The largest absolute Gasteiger partial charge is 0.376 e. The summed E-state index contributed by atoms with van der Waals surface area (Å²) < 4.78 is 30.5. The molecule has 1 fully saturated rings. The third kappa shape index (κ3) is 3.50. The van der Waals surface area contributed by atoms with E-state index in [-0.39, 0.29) is 24.4 Å². The number of halogens is 1. The van der Waals surface area contributed by atoms with Crippen molar-refractivity contribution in [2.75, 3.05) is 26.4 Å². The summed E-state index contributed by atoms with van der Waals surface area (Å²) in [5.41, 5.74) is 1.63. The monoisotopic (exact) mass is 360 g/mol. The highest BCUT2D eigenvalue weighted by molar-refractivity contribution is 5.78. The minimum atomic E-state index is -0.355. The molecule has 0 bridgehead atoms. The number of hydrogen-bond acceptors (Lipinski definition) is 5. The molecule has 0 N–H and O–H groups in total. The van der Waals surface area contributed by atoms with Crippen molar-refractivity contribution in [2.45, 2.75) is 31.9 Å². The van der Waals surface area contributed by atoms with Crippen LogP contribution in [0.3, 0.4) is 0 Å². The van der Waals surface area contributed by atoms with Crippen LogP contribution < -0.4 is 0 Å². The molecule has 2 aliphatic rings. The number of carbonyl (C=O) groups excluding carboxylic acids is 1. The summed E-state index contributed by atoms with van der Waals surface area (Å²) in [5, 5.41) is 4.04. The quantitative estimate of drug-likeness (QED) is 0.820. The van der Waals surface area contributed by atoms with Crippen LogP contribution in [0.15, 0.2) is 28.8 Å². The van der Waals surface area contributed by atoms with Crippen LogP contribution in [0.25, 0.3) is 11.3 Å². The molecule has 2 aliphatic heterocycles. The molecule has 1 aromatic heterocycles. The molecule has 26 heavy (non-hydrogen) atoms. The molecular weight excluding hydrogens is 339 g/mol. The average molecular weight is 360 g/mol. The predicted molar refractivity (Wildman–Crippen MR) is 90.8 cm³/mol. The van der Waals surface area contributed by atoms with Crippen LogP contribution in [0, 0.1) is 5.82 Å². The maximum Gasteiger partial charge on any atom is 0.248 e. The summed E-state index contributed by atoms with van der Waals surface area (Å²) in [6.45, 7) is 2.13. The fraction of sp³-hybridized carbons (Fsp3) is 0.474. The molecule has 0 radical (unpaired) electrons. The Hall–Kier alpha value is -2.25. The SMILES string of the molecule is O=C(COCC1CCCO1)N1CCc2onc(-c3ccccc3F)c2C1. The van der Waals surface area contributed by atoms with Crippen molar-refractivity contribution in [3.8, 4) is 11.3 Å². The zero-order chi connectivity index (χ0) is 17.9. The van der Waals surface area contributed by atoms with Crippen molar-refractivity contribution in [3.05, 3.63) is 41.4 Å². The first-order valence-corrected chi connectivity index (χ1v) is 8.92. The van der Waals surface area contributed by atoms with Crippen LogP contribution in [-0.4, -0.2) is 48.4 Å². The van der Waals surface area contributed by atoms with Gasteiger partial charge in [-0.3, -0.25) is 4.79 Å². The fourth-order valence-electron chi connectivity index (χ4n) is 3.43. The molecule has 2 aromatic rings. The molecule has 0 aliphatic carbocycles. The van der Waals surface area contributed by atoms with Gasteiger partial charge in [-0.05, 0) is 25.0 Å². The predicted octanol–water partition coefficient (Wildman–Crippen LogP) is 2.56. The van der Waals surface area contributed by atoms with Crippen molar-refractivity contribution < 1.29 is 23.2 Å². The lowest BCUT2D eigenvalue weighted by Gasteiger charge is -2.26. The third-order valence-corrected chi connectivity index (χ3v) is 4.86. The van der Waals surface area contributed by atoms with Crippen LogP contribution in [0.5, 0.6) is 0 Å². The number of benzene rings is 1. The smallest absolute Gasteiger partial charge is 0.248 e. The Bertz CT molecular complexity index is 786. The first-order valence-electron chi connectivity index (χ1n) is 8.92. The normalized spacial score (nSPS) is 19.6. The molecule has 6 nitrogen and oxygen atoms in total. The zero-order valence-corrected chi connectivity index (χ0v) is 14.4. The van der Waals surface area contributed by atoms with Crippen molar-refractivity contribution >= 4 is 5.91 Å². The van der Waals surface area contributed by atoms with E-state index in [1.165, 1.54) is 6.07 Å². The number of aromatic nitrogens is 1. The van der Waals surface area contributed by atoms with E-state index in [2.05, 4.69) is 5.16 Å². The summed E-state index contributed by atoms with van der Waals surface area (Å²) in [5.74, 6) is 0.272. The van der Waals surface area contributed by atoms with Gasteiger partial charge in [0.05, 0.1) is 19.3 Å². The van der Waals surface area contributed by atoms with Gasteiger partial charge < -0.3 is 18.9 Å². The number of amides is 1. The molecule has 0 saturated carbocycles. The number of fused-ring (bicyclic) bond motifs is 1. The second kappa shape index (κ2) is 7.55. The van der Waals surface area contributed by atoms with Crippen LogP contribution in [0.1, 0.15) is 24.2 Å². The first-order chi connectivity index (χ1) is 12.7. The Morgan fingerprint density at radius 2 is 2.27 bits per heavy atom. The zero-order valence-electron chi connectivity index (χ0n) is 14.4. The van der Waals surface area contributed by atoms with E-state index in [9.17, 15) is 9.18 Å². The van der Waals surface area contributed by atoms with Gasteiger partial charge in [-0.25, -0.2) is 4.39 Å². The van der Waals surface area contributed by atoms with E-state index in [1.54, 1.807) is 23.1 Å². The number of rotatable bonds is 5. The summed E-state index contributed by atoms with van der Waals surface area (Å²) in [6, 6.07) is 6.44. The van der Waals surface area contributed by atoms with Crippen molar-refractivity contribution in [1.82, 2.24) is 10.1 Å². The lowest BCUT2D eigenvalue weighted by molar-refractivity contribution is -0.138. The van der Waals surface area contributed by atoms with Gasteiger partial charge in [-0.2, -0.15) is 0 Å². The van der Waals surface area contributed by atoms with Gasteiger partial charge in [0.1, 0.15) is 23.9 Å². The van der Waals surface area contributed by atoms with Crippen molar-refractivity contribution in [3.63, 3.8) is 0 Å². The highest BCUT2D eigenvalue weighted by atomic mass is 19.1. The van der Waals surface area contributed by atoms with Gasteiger partial charge in [-0.1, -0.05) is 17.3 Å². The molecule has 7 heteroatoms. The first kappa shape index (κ1) is 17.2. The number of nitrogens with zero attached hydrogens (tertiary/aromatic N) is 2. The Balaban J connectivity index is 1.41. The molecular formula is C19H21FN2O4. The van der Waals surface area contributed by atoms with E-state index in [0.717, 1.165) is 25.0 Å². The second-order valence-corrected chi connectivity index (χ2v) is 6.63. The van der Waals surface area contributed by atoms with Crippen molar-refractivity contribution in [2.24, 2.45) is 0 Å². The van der Waals surface area contributed by atoms with Crippen LogP contribution in [0.2, 0.25) is 0 Å². The topological polar surface area (TPSA) is 64.8 Å². The van der Waals surface area contributed by atoms with E-state index in [4.69, 9.17) is 14.0 Å². The van der Waals surface area contributed by atoms with Gasteiger partial charge in [0.15, 0.2) is 0 Å². The number of ether oxygens (including phenoxy) is 2. The van der Waals surface area contributed by atoms with Crippen LogP contribution >= 0.6 is 0 Å². The molecule has 1 aromatic carbocycles. The fourth-order valence-corrected chi connectivity index (χ4v) is 3.43. The standard InChI is InChI=1S/C19H21FN2O4/c20-16-6-2-1-5-14(16)19-15-10-22(8-7-17(15)26-21-19)18(23)12-24-11-13-4-3-9-25-13/h1-2,5-6,13H,3-4,7-12H2. The highest BCUT2D eigenvalue weighted by Gasteiger charge is 2.28. The molecule has 1 amide bonds. The Morgan fingerprint density at radius 1 is 1.38 bits per heavy atom. The van der Waals surface area contributed by atoms with Gasteiger partial charge in [-0.15, -0.1) is 0 Å². The maximum atomic E-state index is 14.1. The molecule has 138 valence electrons. The van der Waals surface area contributed by atoms with Gasteiger partial charge in [0.25, 0.3) is 0 Å². The number of carbonyl (C=O) groups is 1. The molecule has 3 heterocycles. The second-order valence-electron chi connectivity index (χ2n) is 6.63. The Labute approximate surface area is 150 Å². The maximum absolute atomic E-state index is 14.1. The lowest BCUT2D eigenvalue weighted by atomic mass is 10.0. The molecule has 0 spiro atoms. The van der Waals surface area contributed by atoms with Crippen LogP contribution in [-0.2, 0) is 27.2 Å². The Morgan fingerprint density at radius 3 is 3.08 bits per heavy atom. The Kier molecular flexibility index (Phi) is 4.99. The summed E-state index contributed by atoms with van der Waals surface area (Å²) in [6.07, 6.45) is 2.69. The molecule has 4 rings (SSSR count). The van der Waals surface area contributed by atoms with Gasteiger partial charge in [0.2, 0.25) is 5.91 Å².